The van der Waals surface area contributed by atoms with Gasteiger partial charge in [-0.05, 0) is 37.1 Å². The average Bonchev–Trinajstić information content (AvgIpc) is 2.74. The van der Waals surface area contributed by atoms with E-state index in [0.29, 0.717) is 0 Å². The Labute approximate surface area is 112 Å². The van der Waals surface area contributed by atoms with Crippen molar-refractivity contribution in [2.45, 2.75) is 32.4 Å². The number of benzene rings is 1. The highest BCUT2D eigenvalue weighted by atomic mass is 19.1. The molecule has 2 N–H and O–H groups in total. The van der Waals surface area contributed by atoms with Gasteiger partial charge in [-0.1, -0.05) is 0 Å². The van der Waals surface area contributed by atoms with E-state index in [2.05, 4.69) is 9.88 Å². The van der Waals surface area contributed by atoms with Crippen molar-refractivity contribution in [2.24, 2.45) is 0 Å². The number of rotatable bonds is 3. The van der Waals surface area contributed by atoms with Crippen LogP contribution in [0, 0.1) is 5.82 Å². The zero-order valence-electron chi connectivity index (χ0n) is 11.1. The number of aliphatic hydroxyl groups is 1. The minimum Gasteiger partial charge on any atom is -0.393 e. The smallest absolute Gasteiger partial charge is 0.123 e. The van der Waals surface area contributed by atoms with E-state index >= 15 is 0 Å². The minimum atomic E-state index is -0.262. The maximum atomic E-state index is 13.4. The van der Waals surface area contributed by atoms with E-state index in [1.165, 1.54) is 17.3 Å². The second-order valence-electron chi connectivity index (χ2n) is 5.44. The van der Waals surface area contributed by atoms with E-state index in [1.54, 1.807) is 6.07 Å². The summed E-state index contributed by atoms with van der Waals surface area (Å²) >= 11 is 0. The number of fused-ring (bicyclic) bond motifs is 3. The largest absolute Gasteiger partial charge is 0.393 e. The fourth-order valence-corrected chi connectivity index (χ4v) is 2.80. The number of aliphatic hydroxyl groups excluding tert-OH is 1. The molecule has 0 saturated carbocycles. The van der Waals surface area contributed by atoms with Crippen LogP contribution in [0.5, 0.6) is 0 Å². The van der Waals surface area contributed by atoms with Gasteiger partial charge >= 0.3 is 0 Å². The van der Waals surface area contributed by atoms with Crippen LogP contribution in [0.2, 0.25) is 0 Å². The summed E-state index contributed by atoms with van der Waals surface area (Å²) in [6, 6.07) is 4.92. The van der Waals surface area contributed by atoms with Crippen LogP contribution < -0.4 is 0 Å². The Morgan fingerprint density at radius 3 is 3.11 bits per heavy atom. The topological polar surface area (TPSA) is 39.3 Å². The predicted octanol–water partition coefficient (Wildman–Crippen LogP) is 2.44. The van der Waals surface area contributed by atoms with Gasteiger partial charge in [0.05, 0.1) is 6.10 Å². The highest BCUT2D eigenvalue weighted by Crippen LogP contribution is 2.28. The molecule has 0 spiro atoms. The molecule has 1 aliphatic rings. The quantitative estimate of drug-likeness (QED) is 0.891. The Morgan fingerprint density at radius 2 is 2.32 bits per heavy atom. The van der Waals surface area contributed by atoms with Gasteiger partial charge in [0, 0.05) is 42.7 Å². The maximum Gasteiger partial charge on any atom is 0.123 e. The van der Waals surface area contributed by atoms with E-state index in [9.17, 15) is 9.50 Å². The fourth-order valence-electron chi connectivity index (χ4n) is 2.80. The van der Waals surface area contributed by atoms with Crippen molar-refractivity contribution in [1.82, 2.24) is 9.88 Å². The van der Waals surface area contributed by atoms with Crippen molar-refractivity contribution in [2.75, 3.05) is 13.1 Å². The molecule has 4 heteroatoms. The molecule has 3 nitrogen and oxygen atoms in total. The molecular formula is C15H19FN2O. The Morgan fingerprint density at radius 1 is 1.47 bits per heavy atom. The molecule has 1 aliphatic heterocycles. The third-order valence-electron chi connectivity index (χ3n) is 3.88. The number of hydrogen-bond donors (Lipinski definition) is 2. The monoisotopic (exact) mass is 262 g/mol. The van der Waals surface area contributed by atoms with Crippen LogP contribution in [0.1, 0.15) is 24.6 Å². The van der Waals surface area contributed by atoms with Gasteiger partial charge in [-0.15, -0.1) is 0 Å². The number of nitrogens with one attached hydrogen (secondary N) is 1. The highest BCUT2D eigenvalue weighted by Gasteiger charge is 2.20. The molecule has 1 aromatic carbocycles. The zero-order chi connectivity index (χ0) is 13.4. The van der Waals surface area contributed by atoms with Gasteiger partial charge in [0.1, 0.15) is 5.82 Å². The third-order valence-corrected chi connectivity index (χ3v) is 3.88. The molecule has 0 radical (unpaired) electrons. The molecular weight excluding hydrogens is 243 g/mol. The number of nitrogens with zero attached hydrogens (tertiary/aromatic N) is 1. The Bertz CT molecular complexity index is 591. The molecule has 0 aliphatic carbocycles. The lowest BCUT2D eigenvalue weighted by Gasteiger charge is -2.27. The molecule has 2 aromatic rings. The molecule has 19 heavy (non-hydrogen) atoms. The summed E-state index contributed by atoms with van der Waals surface area (Å²) < 4.78 is 13.4. The van der Waals surface area contributed by atoms with Crippen LogP contribution in [0.25, 0.3) is 10.9 Å². The number of H-pyrrole nitrogens is 1. The molecule has 1 aromatic heterocycles. The van der Waals surface area contributed by atoms with E-state index in [1.807, 2.05) is 13.0 Å². The SMILES string of the molecule is C[C@@H](O)CCN1CCc2[nH]c3ccc(F)cc3c2C1. The number of aromatic amines is 1. The van der Waals surface area contributed by atoms with Gasteiger partial charge in [0.2, 0.25) is 0 Å². The first kappa shape index (κ1) is 12.6. The summed E-state index contributed by atoms with van der Waals surface area (Å²) in [5.74, 6) is -0.185. The van der Waals surface area contributed by atoms with Gasteiger partial charge in [0.15, 0.2) is 0 Å². The molecule has 102 valence electrons. The summed E-state index contributed by atoms with van der Waals surface area (Å²) in [6.07, 6.45) is 1.49. The van der Waals surface area contributed by atoms with Gasteiger partial charge in [-0.3, -0.25) is 4.90 Å². The molecule has 0 bridgehead atoms. The number of aromatic nitrogens is 1. The van der Waals surface area contributed by atoms with E-state index in [0.717, 1.165) is 43.4 Å². The maximum absolute atomic E-state index is 13.4. The van der Waals surface area contributed by atoms with Crippen LogP contribution >= 0.6 is 0 Å². The minimum absolute atomic E-state index is 0.185. The van der Waals surface area contributed by atoms with Crippen LogP contribution in [0.15, 0.2) is 18.2 Å². The van der Waals surface area contributed by atoms with Gasteiger partial charge in [-0.25, -0.2) is 4.39 Å². The lowest BCUT2D eigenvalue weighted by Crippen LogP contribution is -2.32. The van der Waals surface area contributed by atoms with Crippen LogP contribution in [-0.2, 0) is 13.0 Å². The number of halogens is 1. The van der Waals surface area contributed by atoms with Crippen molar-refractivity contribution < 1.29 is 9.50 Å². The second-order valence-corrected chi connectivity index (χ2v) is 5.44. The first-order valence-electron chi connectivity index (χ1n) is 6.83. The van der Waals surface area contributed by atoms with Gasteiger partial charge < -0.3 is 10.1 Å². The van der Waals surface area contributed by atoms with Crippen LogP contribution in [0.3, 0.4) is 0 Å². The number of hydrogen-bond acceptors (Lipinski definition) is 2. The summed E-state index contributed by atoms with van der Waals surface area (Å²) in [4.78, 5) is 5.71. The van der Waals surface area contributed by atoms with Crippen molar-refractivity contribution in [3.8, 4) is 0 Å². The normalized spacial score (nSPS) is 17.6. The first-order chi connectivity index (χ1) is 9.13. The molecule has 2 heterocycles. The standard InChI is InChI=1S/C15H19FN2O/c1-10(19)4-6-18-7-5-15-13(9-18)12-8-11(16)2-3-14(12)17-15/h2-3,8,10,17,19H,4-7,9H2,1H3/t10-/m1/s1. The van der Waals surface area contributed by atoms with E-state index < -0.39 is 0 Å². The molecule has 1 atom stereocenters. The Hall–Kier alpha value is -1.39. The van der Waals surface area contributed by atoms with Crippen LogP contribution in [-0.4, -0.2) is 34.2 Å². The summed E-state index contributed by atoms with van der Waals surface area (Å²) in [5, 5.41) is 10.4. The van der Waals surface area contributed by atoms with Crippen LogP contribution in [0.4, 0.5) is 4.39 Å². The van der Waals surface area contributed by atoms with Crippen molar-refractivity contribution in [1.29, 1.82) is 0 Å². The van der Waals surface area contributed by atoms with Crippen molar-refractivity contribution in [3.05, 3.63) is 35.3 Å². The summed E-state index contributed by atoms with van der Waals surface area (Å²) in [5.41, 5.74) is 3.46. The highest BCUT2D eigenvalue weighted by molar-refractivity contribution is 5.84. The van der Waals surface area contributed by atoms with Gasteiger partial charge in [0.25, 0.3) is 0 Å². The zero-order valence-corrected chi connectivity index (χ0v) is 11.1. The first-order valence-corrected chi connectivity index (χ1v) is 6.83. The molecule has 0 unspecified atom stereocenters. The molecule has 0 fully saturated rings. The molecule has 0 saturated heterocycles. The second kappa shape index (κ2) is 4.94. The summed E-state index contributed by atoms with van der Waals surface area (Å²) in [7, 11) is 0. The Balaban J connectivity index is 1.86. The van der Waals surface area contributed by atoms with Crippen molar-refractivity contribution >= 4 is 10.9 Å². The lowest BCUT2D eigenvalue weighted by atomic mass is 10.0. The van der Waals surface area contributed by atoms with E-state index in [4.69, 9.17) is 0 Å². The van der Waals surface area contributed by atoms with Crippen molar-refractivity contribution in [3.63, 3.8) is 0 Å². The van der Waals surface area contributed by atoms with Gasteiger partial charge in [-0.2, -0.15) is 0 Å². The predicted molar refractivity (Wildman–Crippen MR) is 73.5 cm³/mol. The summed E-state index contributed by atoms with van der Waals surface area (Å²) in [6.45, 7) is 4.54. The fraction of sp³-hybridized carbons (Fsp3) is 0.467. The molecule has 3 rings (SSSR count). The lowest BCUT2D eigenvalue weighted by molar-refractivity contribution is 0.151. The molecule has 0 amide bonds. The van der Waals surface area contributed by atoms with E-state index in [-0.39, 0.29) is 11.9 Å². The average molecular weight is 262 g/mol. The Kier molecular flexibility index (Phi) is 3.29. The third kappa shape index (κ3) is 2.51.